The van der Waals surface area contributed by atoms with Crippen molar-refractivity contribution in [3.8, 4) is 0 Å². The Labute approximate surface area is 98.5 Å². The molecular formula is C10H16BrN3O. The third kappa shape index (κ3) is 3.14. The summed E-state index contributed by atoms with van der Waals surface area (Å²) in [7, 11) is 1.90. The molecule has 5 heteroatoms. The minimum absolute atomic E-state index is 0.0284. The van der Waals surface area contributed by atoms with Gasteiger partial charge >= 0.3 is 0 Å². The average Bonchev–Trinajstić information content (AvgIpc) is 2.14. The number of rotatable bonds is 3. The molecule has 1 aromatic rings. The monoisotopic (exact) mass is 273 g/mol. The summed E-state index contributed by atoms with van der Waals surface area (Å²) in [4.78, 5) is 10.0. The summed E-state index contributed by atoms with van der Waals surface area (Å²) in [6.45, 7) is 5.52. The highest BCUT2D eigenvalue weighted by atomic mass is 79.9. The lowest BCUT2D eigenvalue weighted by Gasteiger charge is -2.34. The molecule has 0 bridgehead atoms. The fourth-order valence-corrected chi connectivity index (χ4v) is 1.49. The molecule has 0 aromatic carbocycles. The van der Waals surface area contributed by atoms with Gasteiger partial charge in [-0.3, -0.25) is 0 Å². The molecule has 1 aromatic heterocycles. The Kier molecular flexibility index (Phi) is 3.67. The minimum atomic E-state index is -0.772. The molecule has 1 heterocycles. The first-order valence-electron chi connectivity index (χ1n) is 4.75. The van der Waals surface area contributed by atoms with Gasteiger partial charge in [0.15, 0.2) is 0 Å². The van der Waals surface area contributed by atoms with E-state index >= 15 is 0 Å². The summed E-state index contributed by atoms with van der Waals surface area (Å²) >= 11 is 3.29. The smallest absolute Gasteiger partial charge is 0.133 e. The van der Waals surface area contributed by atoms with Crippen LogP contribution in [0.15, 0.2) is 17.0 Å². The number of hydrogen-bond acceptors (Lipinski definition) is 4. The van der Waals surface area contributed by atoms with Crippen LogP contribution >= 0.6 is 15.9 Å². The van der Waals surface area contributed by atoms with Crippen LogP contribution < -0.4 is 4.90 Å². The molecule has 4 nitrogen and oxygen atoms in total. The first-order chi connectivity index (χ1) is 6.82. The molecule has 1 N–H and O–H groups in total. The zero-order valence-electron chi connectivity index (χ0n) is 9.40. The van der Waals surface area contributed by atoms with Gasteiger partial charge in [0, 0.05) is 13.1 Å². The summed E-state index contributed by atoms with van der Waals surface area (Å²) in [6.07, 6.45) is 1.49. The van der Waals surface area contributed by atoms with Gasteiger partial charge in [-0.1, -0.05) is 0 Å². The van der Waals surface area contributed by atoms with Crippen LogP contribution in [0.4, 0.5) is 5.82 Å². The summed E-state index contributed by atoms with van der Waals surface area (Å²) in [5.41, 5.74) is -0.772. The molecule has 0 saturated carbocycles. The van der Waals surface area contributed by atoms with E-state index in [1.807, 2.05) is 24.9 Å². The van der Waals surface area contributed by atoms with Gasteiger partial charge in [-0.2, -0.15) is 0 Å². The topological polar surface area (TPSA) is 49.2 Å². The molecule has 0 aliphatic carbocycles. The van der Waals surface area contributed by atoms with Gasteiger partial charge in [0.2, 0.25) is 0 Å². The van der Waals surface area contributed by atoms with E-state index in [1.165, 1.54) is 6.33 Å². The Balaban J connectivity index is 2.90. The van der Waals surface area contributed by atoms with Crippen molar-refractivity contribution >= 4 is 21.7 Å². The highest BCUT2D eigenvalue weighted by Gasteiger charge is 2.26. The normalized spacial score (nSPS) is 13.7. The molecule has 0 radical (unpaired) electrons. The molecule has 1 atom stereocenters. The summed E-state index contributed by atoms with van der Waals surface area (Å²) in [6, 6.07) is 1.79. The zero-order chi connectivity index (χ0) is 11.6. The van der Waals surface area contributed by atoms with Crippen molar-refractivity contribution in [1.29, 1.82) is 0 Å². The first-order valence-corrected chi connectivity index (χ1v) is 5.54. The highest BCUT2D eigenvalue weighted by Crippen LogP contribution is 2.20. The Morgan fingerprint density at radius 1 is 1.47 bits per heavy atom. The van der Waals surface area contributed by atoms with Gasteiger partial charge in [0.1, 0.15) is 16.7 Å². The molecule has 0 aliphatic rings. The summed E-state index contributed by atoms with van der Waals surface area (Å²) in [5, 5.41) is 9.89. The van der Waals surface area contributed by atoms with Crippen molar-refractivity contribution in [2.75, 3.05) is 11.9 Å². The van der Waals surface area contributed by atoms with E-state index in [4.69, 9.17) is 0 Å². The molecule has 15 heavy (non-hydrogen) atoms. The van der Waals surface area contributed by atoms with Crippen LogP contribution in [0.2, 0.25) is 0 Å². The van der Waals surface area contributed by atoms with Gasteiger partial charge < -0.3 is 10.0 Å². The van der Waals surface area contributed by atoms with Crippen LogP contribution in [-0.2, 0) is 0 Å². The zero-order valence-corrected chi connectivity index (χ0v) is 11.0. The molecule has 1 rings (SSSR count). The number of aliphatic hydroxyl groups is 1. The van der Waals surface area contributed by atoms with E-state index in [0.29, 0.717) is 0 Å². The van der Waals surface area contributed by atoms with Crippen LogP contribution in [0, 0.1) is 0 Å². The Morgan fingerprint density at radius 3 is 2.53 bits per heavy atom. The second-order valence-corrected chi connectivity index (χ2v) is 4.95. The van der Waals surface area contributed by atoms with Gasteiger partial charge in [-0.05, 0) is 36.7 Å². The van der Waals surface area contributed by atoms with E-state index in [0.717, 1.165) is 10.4 Å². The quantitative estimate of drug-likeness (QED) is 0.854. The standard InChI is InChI=1S/C10H16BrN3O/c1-7(10(2,3)15)14(4)9-5-8(11)12-6-13-9/h5-7,15H,1-4H3. The predicted molar refractivity (Wildman–Crippen MR) is 63.9 cm³/mol. The number of likely N-dealkylation sites (N-methyl/N-ethyl adjacent to an activating group) is 1. The molecular weight excluding hydrogens is 258 g/mol. The van der Waals surface area contributed by atoms with Crippen molar-refractivity contribution < 1.29 is 5.11 Å². The average molecular weight is 274 g/mol. The van der Waals surface area contributed by atoms with Gasteiger partial charge in [-0.15, -0.1) is 0 Å². The van der Waals surface area contributed by atoms with E-state index in [-0.39, 0.29) is 6.04 Å². The van der Waals surface area contributed by atoms with Crippen LogP contribution in [0.25, 0.3) is 0 Å². The Morgan fingerprint density at radius 2 is 2.07 bits per heavy atom. The first kappa shape index (κ1) is 12.4. The van der Waals surface area contributed by atoms with E-state index in [2.05, 4.69) is 25.9 Å². The number of halogens is 1. The highest BCUT2D eigenvalue weighted by molar-refractivity contribution is 9.10. The molecule has 84 valence electrons. The lowest BCUT2D eigenvalue weighted by molar-refractivity contribution is 0.0563. The second-order valence-electron chi connectivity index (χ2n) is 4.14. The number of nitrogens with zero attached hydrogens (tertiary/aromatic N) is 3. The van der Waals surface area contributed by atoms with Crippen LogP contribution in [0.1, 0.15) is 20.8 Å². The Bertz CT molecular complexity index is 338. The lowest BCUT2D eigenvalue weighted by atomic mass is 10.00. The fraction of sp³-hybridized carbons (Fsp3) is 0.600. The van der Waals surface area contributed by atoms with E-state index < -0.39 is 5.60 Å². The van der Waals surface area contributed by atoms with Crippen molar-refractivity contribution in [2.24, 2.45) is 0 Å². The van der Waals surface area contributed by atoms with Crippen molar-refractivity contribution in [3.63, 3.8) is 0 Å². The molecule has 1 unspecified atom stereocenters. The van der Waals surface area contributed by atoms with Gasteiger partial charge in [-0.25, -0.2) is 9.97 Å². The largest absolute Gasteiger partial charge is 0.388 e. The third-order valence-electron chi connectivity index (χ3n) is 2.58. The number of hydrogen-bond donors (Lipinski definition) is 1. The minimum Gasteiger partial charge on any atom is -0.388 e. The third-order valence-corrected chi connectivity index (χ3v) is 3.02. The Hall–Kier alpha value is -0.680. The maximum atomic E-state index is 9.89. The molecule has 0 fully saturated rings. The predicted octanol–water partition coefficient (Wildman–Crippen LogP) is 1.83. The second kappa shape index (κ2) is 4.45. The van der Waals surface area contributed by atoms with Crippen molar-refractivity contribution in [1.82, 2.24) is 9.97 Å². The molecule has 0 spiro atoms. The SMILES string of the molecule is CC(N(C)c1cc(Br)ncn1)C(C)(C)O. The maximum absolute atomic E-state index is 9.89. The summed E-state index contributed by atoms with van der Waals surface area (Å²) < 4.78 is 0.738. The maximum Gasteiger partial charge on any atom is 0.133 e. The van der Waals surface area contributed by atoms with Crippen molar-refractivity contribution in [3.05, 3.63) is 17.0 Å². The number of aromatic nitrogens is 2. The number of anilines is 1. The van der Waals surface area contributed by atoms with Crippen LogP contribution in [-0.4, -0.2) is 33.8 Å². The van der Waals surface area contributed by atoms with Crippen LogP contribution in [0.3, 0.4) is 0 Å². The lowest BCUT2D eigenvalue weighted by Crippen LogP contribution is -2.46. The molecule has 0 saturated heterocycles. The van der Waals surface area contributed by atoms with Gasteiger partial charge in [0.05, 0.1) is 11.6 Å². The molecule has 0 amide bonds. The molecule has 0 aliphatic heterocycles. The summed E-state index contributed by atoms with van der Waals surface area (Å²) in [5.74, 6) is 0.784. The van der Waals surface area contributed by atoms with Crippen LogP contribution in [0.5, 0.6) is 0 Å². The van der Waals surface area contributed by atoms with E-state index in [9.17, 15) is 5.11 Å². The fourth-order valence-electron chi connectivity index (χ4n) is 1.19. The van der Waals surface area contributed by atoms with E-state index in [1.54, 1.807) is 13.8 Å². The van der Waals surface area contributed by atoms with Crippen molar-refractivity contribution in [2.45, 2.75) is 32.4 Å². The van der Waals surface area contributed by atoms with Gasteiger partial charge in [0.25, 0.3) is 0 Å².